The van der Waals surface area contributed by atoms with Gasteiger partial charge in [-0.15, -0.1) is 5.10 Å². The van der Waals surface area contributed by atoms with Crippen molar-refractivity contribution < 1.29 is 9.84 Å². The van der Waals surface area contributed by atoms with Gasteiger partial charge in [0.15, 0.2) is 17.3 Å². The van der Waals surface area contributed by atoms with Crippen molar-refractivity contribution in [1.29, 1.82) is 5.26 Å². The molecule has 0 radical (unpaired) electrons. The number of imidazole rings is 1. The second kappa shape index (κ2) is 9.09. The molecule has 0 spiro atoms. The maximum absolute atomic E-state index is 10.0. The summed E-state index contributed by atoms with van der Waals surface area (Å²) in [6, 6.07) is 17.2. The molecule has 2 N–H and O–H groups in total. The number of nitriles is 1. The van der Waals surface area contributed by atoms with Crippen LogP contribution in [0.2, 0.25) is 0 Å². The molecule has 4 aromatic heterocycles. The first-order chi connectivity index (χ1) is 18.0. The molecule has 6 rings (SSSR count). The lowest BCUT2D eigenvalue weighted by molar-refractivity contribution is 0.0886. The van der Waals surface area contributed by atoms with Crippen LogP contribution in [0.1, 0.15) is 35.2 Å². The molecule has 0 aliphatic carbocycles. The molecule has 0 unspecified atom stereocenters. The molecule has 1 aliphatic heterocycles. The van der Waals surface area contributed by atoms with E-state index in [2.05, 4.69) is 31.7 Å². The lowest BCUT2D eigenvalue weighted by atomic mass is 10.1. The topological polar surface area (TPSA) is 140 Å². The van der Waals surface area contributed by atoms with Crippen LogP contribution in [0, 0.1) is 25.2 Å². The highest BCUT2D eigenvalue weighted by Gasteiger charge is 2.29. The number of benzene rings is 1. The molecule has 5 heterocycles. The molecular weight excluding hydrogens is 470 g/mol. The Hall–Kier alpha value is -4.66. The second-order valence-corrected chi connectivity index (χ2v) is 8.99. The molecule has 0 amide bonds. The number of ether oxygens (including phenoxy) is 1. The SMILES string of the molecule is Cc1ccc(Nc2ccc3c(c2)ncn3-c2ccc([C@@H]3C[C@@H](O)CO3)c(-n3nc(C#N)cc3C)n2)nn1. The Bertz CT molecular complexity index is 1650. The van der Waals surface area contributed by atoms with Gasteiger partial charge in [-0.3, -0.25) is 4.57 Å². The molecule has 11 heteroatoms. The molecule has 1 saturated heterocycles. The van der Waals surface area contributed by atoms with Gasteiger partial charge >= 0.3 is 0 Å². The highest BCUT2D eigenvalue weighted by atomic mass is 16.5. The maximum atomic E-state index is 10.0. The normalized spacial score (nSPS) is 17.2. The number of nitrogens with one attached hydrogen (secondary N) is 1. The lowest BCUT2D eigenvalue weighted by Crippen LogP contribution is -2.12. The van der Waals surface area contributed by atoms with E-state index in [1.54, 1.807) is 17.1 Å². The molecule has 0 bridgehead atoms. The first-order valence-electron chi connectivity index (χ1n) is 11.8. The Morgan fingerprint density at radius 3 is 2.73 bits per heavy atom. The summed E-state index contributed by atoms with van der Waals surface area (Å²) in [6.45, 7) is 4.03. The Morgan fingerprint density at radius 1 is 1.11 bits per heavy atom. The number of aromatic nitrogens is 7. The molecule has 0 saturated carbocycles. The van der Waals surface area contributed by atoms with Crippen molar-refractivity contribution in [3.63, 3.8) is 0 Å². The van der Waals surface area contributed by atoms with Gasteiger partial charge in [-0.1, -0.05) is 0 Å². The molecule has 2 atom stereocenters. The highest BCUT2D eigenvalue weighted by molar-refractivity contribution is 5.82. The van der Waals surface area contributed by atoms with Crippen LogP contribution in [-0.4, -0.2) is 52.3 Å². The van der Waals surface area contributed by atoms with E-state index in [9.17, 15) is 10.4 Å². The minimum absolute atomic E-state index is 0.268. The smallest absolute Gasteiger partial charge is 0.163 e. The Balaban J connectivity index is 1.40. The molecule has 1 aromatic carbocycles. The van der Waals surface area contributed by atoms with E-state index >= 15 is 0 Å². The van der Waals surface area contributed by atoms with E-state index in [4.69, 9.17) is 9.72 Å². The van der Waals surface area contributed by atoms with Crippen LogP contribution in [0.25, 0.3) is 22.7 Å². The quantitative estimate of drug-likeness (QED) is 0.377. The van der Waals surface area contributed by atoms with Crippen LogP contribution < -0.4 is 5.32 Å². The standard InChI is InChI=1S/C26H23N9O2/c1-15-3-7-24(32-31-15)29-17-4-6-22-21(10-17)28-14-34(22)25-8-5-20(23-11-19(36)13-37-23)26(30-25)35-16(2)9-18(12-27)33-35/h3-10,14,19,23,36H,11,13H2,1-2H3,(H,29,32)/t19-,23+/m1/s1. The third-order valence-corrected chi connectivity index (χ3v) is 6.28. The molecule has 1 aliphatic rings. The molecule has 37 heavy (non-hydrogen) atoms. The second-order valence-electron chi connectivity index (χ2n) is 8.99. The van der Waals surface area contributed by atoms with Gasteiger partial charge in [-0.05, 0) is 62.4 Å². The number of anilines is 2. The number of rotatable bonds is 5. The summed E-state index contributed by atoms with van der Waals surface area (Å²) in [6.07, 6.45) is 1.34. The zero-order chi connectivity index (χ0) is 25.5. The van der Waals surface area contributed by atoms with Gasteiger partial charge in [-0.2, -0.15) is 15.5 Å². The molecule has 11 nitrogen and oxygen atoms in total. The van der Waals surface area contributed by atoms with E-state index in [1.807, 2.05) is 60.9 Å². The predicted octanol–water partition coefficient (Wildman–Crippen LogP) is 3.45. The van der Waals surface area contributed by atoms with Crippen LogP contribution in [0.15, 0.2) is 54.9 Å². The van der Waals surface area contributed by atoms with Gasteiger partial charge in [0.2, 0.25) is 0 Å². The van der Waals surface area contributed by atoms with Gasteiger partial charge in [-0.25, -0.2) is 14.6 Å². The molecular formula is C26H23N9O2. The van der Waals surface area contributed by atoms with Crippen LogP contribution in [0.4, 0.5) is 11.5 Å². The minimum Gasteiger partial charge on any atom is -0.391 e. The van der Waals surface area contributed by atoms with Crippen molar-refractivity contribution in [1.82, 2.24) is 34.5 Å². The van der Waals surface area contributed by atoms with Crippen molar-refractivity contribution in [2.24, 2.45) is 0 Å². The van der Waals surface area contributed by atoms with Gasteiger partial charge in [0.25, 0.3) is 0 Å². The van der Waals surface area contributed by atoms with E-state index in [-0.39, 0.29) is 12.7 Å². The van der Waals surface area contributed by atoms with Crippen molar-refractivity contribution in [2.75, 3.05) is 11.9 Å². The number of aryl methyl sites for hydroxylation is 2. The third kappa shape index (κ3) is 4.29. The summed E-state index contributed by atoms with van der Waals surface area (Å²) in [5.74, 6) is 1.84. The van der Waals surface area contributed by atoms with E-state index < -0.39 is 6.10 Å². The lowest BCUT2D eigenvalue weighted by Gasteiger charge is -2.17. The largest absolute Gasteiger partial charge is 0.391 e. The van der Waals surface area contributed by atoms with Crippen LogP contribution in [0.3, 0.4) is 0 Å². The number of hydrogen-bond acceptors (Lipinski definition) is 9. The average molecular weight is 494 g/mol. The van der Waals surface area contributed by atoms with Crippen molar-refractivity contribution in [3.8, 4) is 17.7 Å². The fourth-order valence-electron chi connectivity index (χ4n) is 4.46. The summed E-state index contributed by atoms with van der Waals surface area (Å²) in [5, 5.41) is 35.3. The maximum Gasteiger partial charge on any atom is 0.163 e. The summed E-state index contributed by atoms with van der Waals surface area (Å²) in [5.41, 5.74) is 5.21. The summed E-state index contributed by atoms with van der Waals surface area (Å²) in [7, 11) is 0. The van der Waals surface area contributed by atoms with Crippen molar-refractivity contribution in [3.05, 3.63) is 77.5 Å². The van der Waals surface area contributed by atoms with Gasteiger partial charge in [0.05, 0.1) is 35.5 Å². The number of aliphatic hydroxyl groups excluding tert-OH is 1. The van der Waals surface area contributed by atoms with E-state index in [1.165, 1.54) is 0 Å². The minimum atomic E-state index is -0.530. The molecule has 184 valence electrons. The van der Waals surface area contributed by atoms with Crippen molar-refractivity contribution in [2.45, 2.75) is 32.5 Å². The number of fused-ring (bicyclic) bond motifs is 1. The fraction of sp³-hybridized carbons (Fsp3) is 0.231. The fourth-order valence-corrected chi connectivity index (χ4v) is 4.46. The third-order valence-electron chi connectivity index (χ3n) is 6.28. The Morgan fingerprint density at radius 2 is 2.00 bits per heavy atom. The predicted molar refractivity (Wildman–Crippen MR) is 135 cm³/mol. The number of aliphatic hydroxyl groups is 1. The summed E-state index contributed by atoms with van der Waals surface area (Å²) in [4.78, 5) is 9.51. The van der Waals surface area contributed by atoms with Gasteiger partial charge < -0.3 is 15.2 Å². The Labute approximate surface area is 212 Å². The highest BCUT2D eigenvalue weighted by Crippen LogP contribution is 2.33. The van der Waals surface area contributed by atoms with Gasteiger partial charge in [0.1, 0.15) is 18.2 Å². The number of hydrogen-bond donors (Lipinski definition) is 2. The zero-order valence-electron chi connectivity index (χ0n) is 20.2. The summed E-state index contributed by atoms with van der Waals surface area (Å²) >= 11 is 0. The van der Waals surface area contributed by atoms with Crippen LogP contribution in [-0.2, 0) is 4.74 Å². The Kier molecular flexibility index (Phi) is 5.60. The van der Waals surface area contributed by atoms with Crippen molar-refractivity contribution >= 4 is 22.5 Å². The summed E-state index contributed by atoms with van der Waals surface area (Å²) < 4.78 is 9.37. The monoisotopic (exact) mass is 493 g/mol. The number of pyridine rings is 1. The molecule has 5 aromatic rings. The molecule has 1 fully saturated rings. The first-order valence-corrected chi connectivity index (χ1v) is 11.8. The van der Waals surface area contributed by atoms with Crippen LogP contribution >= 0.6 is 0 Å². The van der Waals surface area contributed by atoms with Crippen LogP contribution in [0.5, 0.6) is 0 Å². The van der Waals surface area contributed by atoms with Gasteiger partial charge in [0, 0.05) is 23.4 Å². The zero-order valence-corrected chi connectivity index (χ0v) is 20.2. The van der Waals surface area contributed by atoms with E-state index in [0.29, 0.717) is 29.6 Å². The van der Waals surface area contributed by atoms with E-state index in [0.717, 1.165) is 33.7 Å². The average Bonchev–Trinajstić information content (AvgIpc) is 3.63. The first kappa shape index (κ1) is 22.8. The number of nitrogens with zero attached hydrogens (tertiary/aromatic N) is 8.